The Kier molecular flexibility index (Phi) is 2.50. The number of carbonyl (C=O) groups is 1. The van der Waals surface area contributed by atoms with Crippen LogP contribution < -0.4 is 5.73 Å². The van der Waals surface area contributed by atoms with E-state index in [1.165, 1.54) is 0 Å². The largest absolute Gasteiger partial charge is 0.449 e. The summed E-state index contributed by atoms with van der Waals surface area (Å²) in [5.74, 6) is 0. The maximum atomic E-state index is 11.5. The van der Waals surface area contributed by atoms with E-state index >= 15 is 0 Å². The molecule has 1 aliphatic rings. The van der Waals surface area contributed by atoms with Gasteiger partial charge in [-0.1, -0.05) is 12.1 Å². The van der Waals surface area contributed by atoms with Gasteiger partial charge in [-0.3, -0.25) is 0 Å². The monoisotopic (exact) mass is 220 g/mol. The summed E-state index contributed by atoms with van der Waals surface area (Å²) < 4.78 is 4.99. The number of nitrogen functional groups attached to an aromatic ring is 1. The van der Waals surface area contributed by atoms with Crippen molar-refractivity contribution in [3.63, 3.8) is 0 Å². The van der Waals surface area contributed by atoms with E-state index in [1.54, 1.807) is 11.9 Å². The topological polar surface area (TPSA) is 55.6 Å². The van der Waals surface area contributed by atoms with E-state index in [0.717, 1.165) is 17.7 Å². The Morgan fingerprint density at radius 3 is 2.62 bits per heavy atom. The Bertz CT molecular complexity index is 402. The molecule has 1 aromatic rings. The summed E-state index contributed by atoms with van der Waals surface area (Å²) in [6.45, 7) is 2.50. The number of cyclic esters (lactones) is 1. The molecule has 0 aliphatic carbocycles. The minimum atomic E-state index is -0.303. The van der Waals surface area contributed by atoms with Crippen molar-refractivity contribution in [2.24, 2.45) is 0 Å². The normalized spacial score (nSPS) is 25.4. The first-order valence-electron chi connectivity index (χ1n) is 5.30. The fourth-order valence-corrected chi connectivity index (χ4v) is 1.98. The molecule has 0 bridgehead atoms. The lowest BCUT2D eigenvalue weighted by Gasteiger charge is -2.42. The Labute approximate surface area is 95.0 Å². The van der Waals surface area contributed by atoms with Gasteiger partial charge in [-0.2, -0.15) is 0 Å². The molecule has 0 spiro atoms. The highest BCUT2D eigenvalue weighted by molar-refractivity contribution is 5.69. The van der Waals surface area contributed by atoms with Gasteiger partial charge in [0.2, 0.25) is 0 Å². The predicted molar refractivity (Wildman–Crippen MR) is 61.9 cm³/mol. The molecule has 1 atom stereocenters. The molecule has 1 fully saturated rings. The predicted octanol–water partition coefficient (Wildman–Crippen LogP) is 1.96. The van der Waals surface area contributed by atoms with Gasteiger partial charge in [0.1, 0.15) is 0 Å². The van der Waals surface area contributed by atoms with Crippen LogP contribution in [0.3, 0.4) is 0 Å². The number of amides is 1. The molecule has 1 aliphatic heterocycles. The molecule has 1 heterocycles. The van der Waals surface area contributed by atoms with Crippen molar-refractivity contribution in [1.82, 2.24) is 4.90 Å². The maximum absolute atomic E-state index is 11.5. The third-order valence-corrected chi connectivity index (χ3v) is 3.36. The van der Waals surface area contributed by atoms with E-state index in [0.29, 0.717) is 6.61 Å². The molecule has 1 saturated heterocycles. The fraction of sp³-hybridized carbons (Fsp3) is 0.417. The third kappa shape index (κ3) is 1.60. The molecule has 2 N–H and O–H groups in total. The SMILES string of the molecule is CN1C(=O)OCCC1(C)c1ccc(N)cc1. The van der Waals surface area contributed by atoms with Crippen LogP contribution in [0.4, 0.5) is 10.5 Å². The van der Waals surface area contributed by atoms with Crippen LogP contribution in [0.25, 0.3) is 0 Å². The second-order valence-corrected chi connectivity index (χ2v) is 4.32. The van der Waals surface area contributed by atoms with Crippen LogP contribution in [0.1, 0.15) is 18.9 Å². The van der Waals surface area contributed by atoms with Gasteiger partial charge in [0.05, 0.1) is 12.1 Å². The van der Waals surface area contributed by atoms with Crippen molar-refractivity contribution in [2.75, 3.05) is 19.4 Å². The first-order chi connectivity index (χ1) is 7.54. The van der Waals surface area contributed by atoms with E-state index in [9.17, 15) is 4.79 Å². The number of benzene rings is 1. The maximum Gasteiger partial charge on any atom is 0.410 e. The summed E-state index contributed by atoms with van der Waals surface area (Å²) in [6, 6.07) is 7.64. The van der Waals surface area contributed by atoms with E-state index in [4.69, 9.17) is 10.5 Å². The Morgan fingerprint density at radius 2 is 2.00 bits per heavy atom. The van der Waals surface area contributed by atoms with E-state index < -0.39 is 0 Å². The van der Waals surface area contributed by atoms with E-state index in [-0.39, 0.29) is 11.6 Å². The standard InChI is InChI=1S/C12H16N2O2/c1-12(7-8-16-11(15)14(12)2)9-3-5-10(13)6-4-9/h3-6H,7-8,13H2,1-2H3. The van der Waals surface area contributed by atoms with Gasteiger partial charge >= 0.3 is 6.09 Å². The molecule has 16 heavy (non-hydrogen) atoms. The molecule has 0 aromatic heterocycles. The number of anilines is 1. The number of carbonyl (C=O) groups excluding carboxylic acids is 1. The lowest BCUT2D eigenvalue weighted by atomic mass is 9.87. The lowest BCUT2D eigenvalue weighted by molar-refractivity contribution is 0.0147. The molecule has 0 radical (unpaired) electrons. The average Bonchev–Trinajstić information content (AvgIpc) is 2.27. The van der Waals surface area contributed by atoms with Crippen LogP contribution in [0.15, 0.2) is 24.3 Å². The fourth-order valence-electron chi connectivity index (χ4n) is 1.98. The molecular formula is C12H16N2O2. The first kappa shape index (κ1) is 10.8. The second-order valence-electron chi connectivity index (χ2n) is 4.32. The summed E-state index contributed by atoms with van der Waals surface area (Å²) in [6.07, 6.45) is 0.518. The van der Waals surface area contributed by atoms with Crippen molar-refractivity contribution < 1.29 is 9.53 Å². The number of nitrogens with zero attached hydrogens (tertiary/aromatic N) is 1. The van der Waals surface area contributed by atoms with Gasteiger partial charge in [-0.05, 0) is 24.6 Å². The van der Waals surface area contributed by atoms with Crippen LogP contribution >= 0.6 is 0 Å². The minimum absolute atomic E-state index is 0.273. The van der Waals surface area contributed by atoms with Gasteiger partial charge in [0.25, 0.3) is 0 Å². The molecule has 1 aromatic carbocycles. The van der Waals surface area contributed by atoms with Crippen molar-refractivity contribution >= 4 is 11.8 Å². The molecule has 4 nitrogen and oxygen atoms in total. The summed E-state index contributed by atoms with van der Waals surface area (Å²) in [5, 5.41) is 0. The Hall–Kier alpha value is -1.71. The van der Waals surface area contributed by atoms with Gasteiger partial charge in [0.15, 0.2) is 0 Å². The van der Waals surface area contributed by atoms with Gasteiger partial charge < -0.3 is 15.4 Å². The minimum Gasteiger partial charge on any atom is -0.449 e. The van der Waals surface area contributed by atoms with Gasteiger partial charge in [-0.25, -0.2) is 4.79 Å². The second kappa shape index (κ2) is 3.70. The molecule has 2 rings (SSSR count). The molecule has 86 valence electrons. The Morgan fingerprint density at radius 1 is 1.38 bits per heavy atom. The van der Waals surface area contributed by atoms with Crippen LogP contribution in [-0.2, 0) is 10.3 Å². The van der Waals surface area contributed by atoms with Crippen LogP contribution in [0.2, 0.25) is 0 Å². The van der Waals surface area contributed by atoms with Crippen molar-refractivity contribution in [2.45, 2.75) is 18.9 Å². The molecule has 1 amide bonds. The Balaban J connectivity index is 2.36. The summed E-state index contributed by atoms with van der Waals surface area (Å²) >= 11 is 0. The molecular weight excluding hydrogens is 204 g/mol. The molecule has 0 saturated carbocycles. The number of hydrogen-bond donors (Lipinski definition) is 1. The molecule has 4 heteroatoms. The first-order valence-corrected chi connectivity index (χ1v) is 5.30. The van der Waals surface area contributed by atoms with E-state index in [1.807, 2.05) is 31.2 Å². The molecule has 1 unspecified atom stereocenters. The highest BCUT2D eigenvalue weighted by Crippen LogP contribution is 2.34. The number of ether oxygens (including phenoxy) is 1. The lowest BCUT2D eigenvalue weighted by Crippen LogP contribution is -2.49. The highest BCUT2D eigenvalue weighted by atomic mass is 16.6. The number of hydrogen-bond acceptors (Lipinski definition) is 3. The van der Waals surface area contributed by atoms with Crippen molar-refractivity contribution in [3.8, 4) is 0 Å². The van der Waals surface area contributed by atoms with Gasteiger partial charge in [0, 0.05) is 19.2 Å². The quantitative estimate of drug-likeness (QED) is 0.736. The number of rotatable bonds is 1. The van der Waals surface area contributed by atoms with Crippen LogP contribution in [0, 0.1) is 0 Å². The summed E-state index contributed by atoms with van der Waals surface area (Å²) in [4.78, 5) is 13.2. The number of nitrogens with two attached hydrogens (primary N) is 1. The zero-order valence-corrected chi connectivity index (χ0v) is 9.56. The highest BCUT2D eigenvalue weighted by Gasteiger charge is 2.38. The van der Waals surface area contributed by atoms with Crippen LogP contribution in [-0.4, -0.2) is 24.6 Å². The zero-order chi connectivity index (χ0) is 11.8. The van der Waals surface area contributed by atoms with E-state index in [2.05, 4.69) is 0 Å². The smallest absolute Gasteiger partial charge is 0.410 e. The average molecular weight is 220 g/mol. The zero-order valence-electron chi connectivity index (χ0n) is 9.56. The third-order valence-electron chi connectivity index (χ3n) is 3.36. The summed E-state index contributed by atoms with van der Waals surface area (Å²) in [5.41, 5.74) is 7.17. The summed E-state index contributed by atoms with van der Waals surface area (Å²) in [7, 11) is 1.76. The van der Waals surface area contributed by atoms with Crippen molar-refractivity contribution in [1.29, 1.82) is 0 Å². The van der Waals surface area contributed by atoms with Crippen molar-refractivity contribution in [3.05, 3.63) is 29.8 Å². The van der Waals surface area contributed by atoms with Crippen LogP contribution in [0.5, 0.6) is 0 Å². The van der Waals surface area contributed by atoms with Gasteiger partial charge in [-0.15, -0.1) is 0 Å².